The van der Waals surface area contributed by atoms with Gasteiger partial charge < -0.3 is 9.80 Å². The minimum absolute atomic E-state index is 0.778. The molecule has 2 aliphatic heterocycles. The highest BCUT2D eigenvalue weighted by Crippen LogP contribution is 2.29. The summed E-state index contributed by atoms with van der Waals surface area (Å²) < 4.78 is 0. The van der Waals surface area contributed by atoms with Gasteiger partial charge in [0, 0.05) is 13.1 Å². The van der Waals surface area contributed by atoms with Crippen LogP contribution in [0.4, 0.5) is 0 Å². The van der Waals surface area contributed by atoms with E-state index in [4.69, 9.17) is 0 Å². The fourth-order valence-electron chi connectivity index (χ4n) is 4.96. The van der Waals surface area contributed by atoms with Crippen molar-refractivity contribution < 1.29 is 0 Å². The lowest BCUT2D eigenvalue weighted by atomic mass is 9.89. The summed E-state index contributed by atoms with van der Waals surface area (Å²) in [5, 5.41) is 0. The van der Waals surface area contributed by atoms with E-state index in [2.05, 4.69) is 70.5 Å². The number of benzene rings is 2. The molecule has 2 saturated heterocycles. The normalized spacial score (nSPS) is 22.3. The second-order valence-corrected chi connectivity index (χ2v) is 8.53. The highest BCUT2D eigenvalue weighted by molar-refractivity contribution is 5.20. The van der Waals surface area contributed by atoms with Gasteiger partial charge in [-0.05, 0) is 81.2 Å². The molecule has 2 heterocycles. The van der Waals surface area contributed by atoms with Crippen molar-refractivity contribution >= 4 is 0 Å². The summed E-state index contributed by atoms with van der Waals surface area (Å²) in [4.78, 5) is 5.43. The van der Waals surface area contributed by atoms with Crippen molar-refractivity contribution in [3.8, 4) is 0 Å². The molecule has 0 aliphatic carbocycles. The molecular formula is C25H34N2. The lowest BCUT2D eigenvalue weighted by molar-refractivity contribution is 0.181. The first-order chi connectivity index (χ1) is 13.4. The smallest absolute Gasteiger partial charge is 0.00224 e. The third-order valence-corrected chi connectivity index (χ3v) is 6.53. The Morgan fingerprint density at radius 3 is 2.15 bits per heavy atom. The van der Waals surface area contributed by atoms with Crippen LogP contribution in [0.15, 0.2) is 60.7 Å². The highest BCUT2D eigenvalue weighted by Gasteiger charge is 2.26. The molecule has 0 spiro atoms. The van der Waals surface area contributed by atoms with Gasteiger partial charge in [-0.1, -0.05) is 60.7 Å². The maximum absolute atomic E-state index is 2.73. The molecule has 4 rings (SSSR count). The van der Waals surface area contributed by atoms with E-state index in [1.54, 1.807) is 5.56 Å². The van der Waals surface area contributed by atoms with Crippen LogP contribution in [0.3, 0.4) is 0 Å². The average molecular weight is 363 g/mol. The van der Waals surface area contributed by atoms with E-state index >= 15 is 0 Å². The van der Waals surface area contributed by atoms with Gasteiger partial charge >= 0.3 is 0 Å². The van der Waals surface area contributed by atoms with E-state index in [0.717, 1.165) is 11.8 Å². The summed E-state index contributed by atoms with van der Waals surface area (Å²) >= 11 is 0. The molecule has 144 valence electrons. The zero-order valence-corrected chi connectivity index (χ0v) is 16.6. The van der Waals surface area contributed by atoms with E-state index in [1.807, 2.05) is 0 Å². The lowest BCUT2D eigenvalue weighted by Gasteiger charge is -2.33. The van der Waals surface area contributed by atoms with Crippen molar-refractivity contribution in [3.63, 3.8) is 0 Å². The van der Waals surface area contributed by atoms with E-state index in [1.165, 1.54) is 76.9 Å². The van der Waals surface area contributed by atoms with Gasteiger partial charge in [0.05, 0.1) is 0 Å². The van der Waals surface area contributed by atoms with Crippen LogP contribution in [0.1, 0.15) is 42.7 Å². The largest absolute Gasteiger partial charge is 0.303 e. The summed E-state index contributed by atoms with van der Waals surface area (Å²) in [5.74, 6) is 1.66. The van der Waals surface area contributed by atoms with Crippen molar-refractivity contribution in [1.82, 2.24) is 9.80 Å². The van der Waals surface area contributed by atoms with Crippen LogP contribution in [0.2, 0.25) is 0 Å². The molecule has 0 amide bonds. The first-order valence-corrected chi connectivity index (χ1v) is 10.9. The third kappa shape index (κ3) is 5.43. The molecule has 27 heavy (non-hydrogen) atoms. The molecular weight excluding hydrogens is 328 g/mol. The molecule has 1 atom stereocenters. The van der Waals surface area contributed by atoms with Crippen molar-refractivity contribution in [3.05, 3.63) is 71.8 Å². The molecule has 0 radical (unpaired) electrons. The molecule has 0 bridgehead atoms. The van der Waals surface area contributed by atoms with Crippen LogP contribution >= 0.6 is 0 Å². The Balaban J connectivity index is 1.14. The Morgan fingerprint density at radius 1 is 0.741 bits per heavy atom. The third-order valence-electron chi connectivity index (χ3n) is 6.53. The quantitative estimate of drug-likeness (QED) is 0.697. The van der Waals surface area contributed by atoms with E-state index in [-0.39, 0.29) is 0 Å². The molecule has 0 aromatic heterocycles. The first kappa shape index (κ1) is 18.7. The fourth-order valence-corrected chi connectivity index (χ4v) is 4.96. The molecule has 2 nitrogen and oxygen atoms in total. The SMILES string of the molecule is c1ccc(CCCN2CC[C@@H](CN3CCC(c4ccccc4)CC3)C2)cc1. The van der Waals surface area contributed by atoms with Gasteiger partial charge in [-0.15, -0.1) is 0 Å². The summed E-state index contributed by atoms with van der Waals surface area (Å²) in [6, 6.07) is 22.1. The Morgan fingerprint density at radius 2 is 1.41 bits per heavy atom. The van der Waals surface area contributed by atoms with Crippen molar-refractivity contribution in [2.75, 3.05) is 39.3 Å². The summed E-state index contributed by atoms with van der Waals surface area (Å²) in [6.45, 7) is 7.76. The van der Waals surface area contributed by atoms with Crippen LogP contribution in [0, 0.1) is 5.92 Å². The van der Waals surface area contributed by atoms with Crippen molar-refractivity contribution in [2.24, 2.45) is 5.92 Å². The predicted octanol–water partition coefficient (Wildman–Crippen LogP) is 4.82. The maximum atomic E-state index is 2.73. The minimum Gasteiger partial charge on any atom is -0.303 e. The van der Waals surface area contributed by atoms with Gasteiger partial charge in [0.25, 0.3) is 0 Å². The van der Waals surface area contributed by atoms with E-state index in [0.29, 0.717) is 0 Å². The van der Waals surface area contributed by atoms with Gasteiger partial charge in [0.2, 0.25) is 0 Å². The van der Waals surface area contributed by atoms with Crippen molar-refractivity contribution in [2.45, 2.75) is 38.0 Å². The van der Waals surface area contributed by atoms with Crippen LogP contribution in [0.5, 0.6) is 0 Å². The van der Waals surface area contributed by atoms with Crippen LogP contribution in [-0.4, -0.2) is 49.1 Å². The number of hydrogen-bond donors (Lipinski definition) is 0. The van der Waals surface area contributed by atoms with Crippen molar-refractivity contribution in [1.29, 1.82) is 0 Å². The van der Waals surface area contributed by atoms with Gasteiger partial charge in [0.15, 0.2) is 0 Å². The van der Waals surface area contributed by atoms with Crippen LogP contribution in [-0.2, 0) is 6.42 Å². The van der Waals surface area contributed by atoms with E-state index < -0.39 is 0 Å². The number of nitrogens with zero attached hydrogens (tertiary/aromatic N) is 2. The standard InChI is InChI=1S/C25H34N2/c1-3-8-22(9-4-1)10-7-16-26-17-13-23(20-26)21-27-18-14-25(15-19-27)24-11-5-2-6-12-24/h1-6,8-9,11-12,23,25H,7,10,13-21H2/t23-/m1/s1. The number of aryl methyl sites for hydroxylation is 1. The minimum atomic E-state index is 0.778. The fraction of sp³-hybridized carbons (Fsp3) is 0.520. The summed E-state index contributed by atoms with van der Waals surface area (Å²) in [6.07, 6.45) is 6.56. The lowest BCUT2D eigenvalue weighted by Crippen LogP contribution is -2.37. The van der Waals surface area contributed by atoms with Gasteiger partial charge in [-0.3, -0.25) is 0 Å². The first-order valence-electron chi connectivity index (χ1n) is 10.9. The molecule has 0 unspecified atom stereocenters. The second-order valence-electron chi connectivity index (χ2n) is 8.53. The Labute approximate surface area is 165 Å². The Hall–Kier alpha value is -1.64. The number of rotatable bonds is 7. The maximum Gasteiger partial charge on any atom is 0.00224 e. The summed E-state index contributed by atoms with van der Waals surface area (Å²) in [7, 11) is 0. The average Bonchev–Trinajstić information content (AvgIpc) is 3.17. The second kappa shape index (κ2) is 9.52. The van der Waals surface area contributed by atoms with Gasteiger partial charge in [-0.2, -0.15) is 0 Å². The van der Waals surface area contributed by atoms with Crippen LogP contribution in [0.25, 0.3) is 0 Å². The predicted molar refractivity (Wildman–Crippen MR) is 114 cm³/mol. The molecule has 0 saturated carbocycles. The molecule has 0 N–H and O–H groups in total. The molecule has 2 aliphatic rings. The number of piperidine rings is 1. The van der Waals surface area contributed by atoms with Gasteiger partial charge in [0.1, 0.15) is 0 Å². The Kier molecular flexibility index (Phi) is 6.60. The molecule has 2 aromatic rings. The van der Waals surface area contributed by atoms with E-state index in [9.17, 15) is 0 Å². The van der Waals surface area contributed by atoms with Crippen LogP contribution < -0.4 is 0 Å². The topological polar surface area (TPSA) is 6.48 Å². The number of likely N-dealkylation sites (tertiary alicyclic amines) is 2. The zero-order valence-electron chi connectivity index (χ0n) is 16.6. The zero-order chi connectivity index (χ0) is 18.3. The molecule has 2 heteroatoms. The Bertz CT molecular complexity index is 661. The number of hydrogen-bond acceptors (Lipinski definition) is 2. The molecule has 2 aromatic carbocycles. The molecule has 2 fully saturated rings. The van der Waals surface area contributed by atoms with Gasteiger partial charge in [-0.25, -0.2) is 0 Å². The summed E-state index contributed by atoms with van der Waals surface area (Å²) in [5.41, 5.74) is 3.03. The highest BCUT2D eigenvalue weighted by atomic mass is 15.2. The monoisotopic (exact) mass is 362 g/mol.